The van der Waals surface area contributed by atoms with Crippen molar-refractivity contribution < 1.29 is 9.59 Å². The summed E-state index contributed by atoms with van der Waals surface area (Å²) in [5, 5.41) is 8.24. The van der Waals surface area contributed by atoms with Gasteiger partial charge in [0.2, 0.25) is 5.91 Å². The molecule has 2 aromatic heterocycles. The summed E-state index contributed by atoms with van der Waals surface area (Å²) in [4.78, 5) is 43.1. The van der Waals surface area contributed by atoms with E-state index in [1.165, 1.54) is 10.8 Å². The number of carbonyl (C=O) groups excluding carboxylic acids is 2. The van der Waals surface area contributed by atoms with E-state index in [1.54, 1.807) is 11.9 Å². The van der Waals surface area contributed by atoms with E-state index < -0.39 is 0 Å². The number of aromatic nitrogens is 5. The molecule has 10 nitrogen and oxygen atoms in total. The second-order valence-electron chi connectivity index (χ2n) is 7.17. The molecular weight excluding hydrogens is 350 g/mol. The minimum absolute atomic E-state index is 0.0695. The maximum absolute atomic E-state index is 12.9. The van der Waals surface area contributed by atoms with Crippen LogP contribution < -0.4 is 5.69 Å². The lowest BCUT2D eigenvalue weighted by Crippen LogP contribution is -2.53. The van der Waals surface area contributed by atoms with E-state index in [1.807, 2.05) is 16.4 Å². The molecule has 0 spiro atoms. The quantitative estimate of drug-likeness (QED) is 0.738. The Hall–Kier alpha value is -2.91. The molecule has 0 saturated carbocycles. The fourth-order valence-electron chi connectivity index (χ4n) is 3.85. The summed E-state index contributed by atoms with van der Waals surface area (Å²) >= 11 is 0. The highest BCUT2D eigenvalue weighted by Gasteiger charge is 2.33. The van der Waals surface area contributed by atoms with E-state index in [0.717, 1.165) is 24.5 Å². The first kappa shape index (κ1) is 17.5. The Morgan fingerprint density at radius 2 is 1.85 bits per heavy atom. The van der Waals surface area contributed by atoms with E-state index in [0.29, 0.717) is 38.4 Å². The Balaban J connectivity index is 1.37. The highest BCUT2D eigenvalue weighted by atomic mass is 16.2. The molecule has 27 heavy (non-hydrogen) atoms. The Morgan fingerprint density at radius 1 is 1.15 bits per heavy atom. The van der Waals surface area contributed by atoms with Crippen molar-refractivity contribution in [3.8, 4) is 0 Å². The number of amides is 2. The van der Waals surface area contributed by atoms with Crippen LogP contribution >= 0.6 is 0 Å². The molecule has 2 aliphatic rings. The maximum atomic E-state index is 12.9. The SMILES string of the molecule is Cc1nnc2n1CC(C(=O)N1CCN(C(=O)c3c[nH]c(=O)n3C)CC1)CC2. The summed E-state index contributed by atoms with van der Waals surface area (Å²) in [6, 6.07) is 0. The van der Waals surface area contributed by atoms with Crippen molar-refractivity contribution in [2.75, 3.05) is 26.2 Å². The summed E-state index contributed by atoms with van der Waals surface area (Å²) in [5.74, 6) is 1.67. The van der Waals surface area contributed by atoms with Crippen LogP contribution in [0, 0.1) is 12.8 Å². The van der Waals surface area contributed by atoms with Gasteiger partial charge in [0.1, 0.15) is 17.3 Å². The number of rotatable bonds is 2. The minimum atomic E-state index is -0.312. The molecule has 0 radical (unpaired) electrons. The average Bonchev–Trinajstić information content (AvgIpc) is 3.23. The third-order valence-corrected chi connectivity index (χ3v) is 5.58. The number of hydrogen-bond donors (Lipinski definition) is 1. The number of nitrogens with zero attached hydrogens (tertiary/aromatic N) is 6. The third kappa shape index (κ3) is 3.04. The molecule has 0 aromatic carbocycles. The molecule has 1 atom stereocenters. The van der Waals surface area contributed by atoms with Crippen LogP contribution in [0.15, 0.2) is 11.0 Å². The molecule has 2 aliphatic heterocycles. The molecule has 0 bridgehead atoms. The second-order valence-corrected chi connectivity index (χ2v) is 7.17. The van der Waals surface area contributed by atoms with Crippen LogP contribution in [-0.2, 0) is 24.8 Å². The van der Waals surface area contributed by atoms with Crippen LogP contribution in [0.1, 0.15) is 28.6 Å². The van der Waals surface area contributed by atoms with Crippen molar-refractivity contribution in [1.29, 1.82) is 0 Å². The summed E-state index contributed by atoms with van der Waals surface area (Å²) in [6.45, 7) is 4.47. The maximum Gasteiger partial charge on any atom is 0.325 e. The van der Waals surface area contributed by atoms with Gasteiger partial charge in [0, 0.05) is 52.4 Å². The fraction of sp³-hybridized carbons (Fsp3) is 0.588. The van der Waals surface area contributed by atoms with Crippen LogP contribution in [0.5, 0.6) is 0 Å². The van der Waals surface area contributed by atoms with Crippen molar-refractivity contribution in [2.24, 2.45) is 13.0 Å². The minimum Gasteiger partial charge on any atom is -0.339 e. The topological polar surface area (TPSA) is 109 Å². The van der Waals surface area contributed by atoms with E-state index in [-0.39, 0.29) is 23.4 Å². The van der Waals surface area contributed by atoms with E-state index in [2.05, 4.69) is 15.2 Å². The van der Waals surface area contributed by atoms with Crippen LogP contribution in [0.4, 0.5) is 0 Å². The predicted molar refractivity (Wildman–Crippen MR) is 95.1 cm³/mol. The summed E-state index contributed by atoms with van der Waals surface area (Å²) in [6.07, 6.45) is 2.97. The molecule has 144 valence electrons. The van der Waals surface area contributed by atoms with Gasteiger partial charge in [-0.15, -0.1) is 10.2 Å². The lowest BCUT2D eigenvalue weighted by Gasteiger charge is -2.37. The lowest BCUT2D eigenvalue weighted by atomic mass is 9.97. The molecule has 2 amide bonds. The monoisotopic (exact) mass is 373 g/mol. The summed E-state index contributed by atoms with van der Waals surface area (Å²) in [5.41, 5.74) is 0.0239. The van der Waals surface area contributed by atoms with Crippen LogP contribution in [-0.4, -0.2) is 72.1 Å². The van der Waals surface area contributed by atoms with Gasteiger partial charge in [0.05, 0.1) is 5.92 Å². The van der Waals surface area contributed by atoms with Gasteiger partial charge in [-0.05, 0) is 13.3 Å². The van der Waals surface area contributed by atoms with Crippen LogP contribution in [0.3, 0.4) is 0 Å². The Bertz CT molecular complexity index is 933. The molecule has 1 fully saturated rings. The van der Waals surface area contributed by atoms with Crippen molar-refractivity contribution in [3.05, 3.63) is 34.0 Å². The zero-order chi connectivity index (χ0) is 19.1. The van der Waals surface area contributed by atoms with E-state index in [4.69, 9.17) is 0 Å². The largest absolute Gasteiger partial charge is 0.339 e. The molecule has 4 rings (SSSR count). The number of aryl methyl sites for hydroxylation is 2. The first-order chi connectivity index (χ1) is 13.0. The van der Waals surface area contributed by atoms with Gasteiger partial charge >= 0.3 is 5.69 Å². The van der Waals surface area contributed by atoms with Gasteiger partial charge < -0.3 is 19.4 Å². The zero-order valence-corrected chi connectivity index (χ0v) is 15.5. The molecule has 4 heterocycles. The third-order valence-electron chi connectivity index (χ3n) is 5.58. The van der Waals surface area contributed by atoms with Gasteiger partial charge in [-0.25, -0.2) is 4.79 Å². The average molecular weight is 373 g/mol. The normalized spacial score (nSPS) is 19.9. The number of nitrogens with one attached hydrogen (secondary N) is 1. The van der Waals surface area contributed by atoms with Crippen molar-refractivity contribution in [3.63, 3.8) is 0 Å². The first-order valence-electron chi connectivity index (χ1n) is 9.17. The van der Waals surface area contributed by atoms with Gasteiger partial charge in [-0.3, -0.25) is 14.2 Å². The number of aromatic amines is 1. The van der Waals surface area contributed by atoms with E-state index >= 15 is 0 Å². The number of hydrogen-bond acceptors (Lipinski definition) is 5. The number of fused-ring (bicyclic) bond motifs is 1. The molecule has 1 unspecified atom stereocenters. The number of imidazole rings is 1. The molecule has 1 N–H and O–H groups in total. The molecule has 10 heteroatoms. The molecular formula is C17H23N7O3. The number of H-pyrrole nitrogens is 1. The fourth-order valence-corrected chi connectivity index (χ4v) is 3.85. The number of carbonyl (C=O) groups is 2. The Kier molecular flexibility index (Phi) is 4.33. The van der Waals surface area contributed by atoms with Crippen molar-refractivity contribution >= 4 is 11.8 Å². The Labute approximate surface area is 155 Å². The van der Waals surface area contributed by atoms with Gasteiger partial charge in [0.15, 0.2) is 0 Å². The zero-order valence-electron chi connectivity index (χ0n) is 15.5. The Morgan fingerprint density at radius 3 is 2.52 bits per heavy atom. The highest BCUT2D eigenvalue weighted by Crippen LogP contribution is 2.22. The lowest BCUT2D eigenvalue weighted by molar-refractivity contribution is -0.138. The smallest absolute Gasteiger partial charge is 0.325 e. The van der Waals surface area contributed by atoms with Crippen LogP contribution in [0.2, 0.25) is 0 Å². The summed E-state index contributed by atoms with van der Waals surface area (Å²) in [7, 11) is 1.57. The molecule has 2 aromatic rings. The van der Waals surface area contributed by atoms with Gasteiger partial charge in [0.25, 0.3) is 5.91 Å². The molecule has 1 saturated heterocycles. The number of piperazine rings is 1. The van der Waals surface area contributed by atoms with Crippen LogP contribution in [0.25, 0.3) is 0 Å². The second kappa shape index (κ2) is 6.67. The van der Waals surface area contributed by atoms with E-state index in [9.17, 15) is 14.4 Å². The molecule has 0 aliphatic carbocycles. The summed E-state index contributed by atoms with van der Waals surface area (Å²) < 4.78 is 3.33. The predicted octanol–water partition coefficient (Wildman–Crippen LogP) is -0.840. The highest BCUT2D eigenvalue weighted by molar-refractivity contribution is 5.92. The van der Waals surface area contributed by atoms with Gasteiger partial charge in [-0.2, -0.15) is 0 Å². The van der Waals surface area contributed by atoms with Crippen molar-refractivity contribution in [2.45, 2.75) is 26.3 Å². The van der Waals surface area contributed by atoms with Crippen molar-refractivity contribution in [1.82, 2.24) is 34.1 Å². The van der Waals surface area contributed by atoms with Gasteiger partial charge in [-0.1, -0.05) is 0 Å². The standard InChI is InChI=1S/C17H23N7O3/c1-11-19-20-14-4-3-12(10-24(11)14)15(25)22-5-7-23(8-6-22)16(26)13-9-18-17(27)21(13)2/h9,12H,3-8,10H2,1-2H3,(H,18,27). The first-order valence-corrected chi connectivity index (χ1v) is 9.17.